The molecule has 1 aliphatic rings. The Labute approximate surface area is 115 Å². The molecule has 2 N–H and O–H groups in total. The van der Waals surface area contributed by atoms with Crippen molar-refractivity contribution in [2.24, 2.45) is 0 Å². The summed E-state index contributed by atoms with van der Waals surface area (Å²) >= 11 is 0. The molecule has 2 rings (SSSR count). The Hall–Kier alpha value is -1.55. The lowest BCUT2D eigenvalue weighted by Crippen LogP contribution is -2.23. The van der Waals surface area contributed by atoms with Crippen molar-refractivity contribution in [2.75, 3.05) is 32.5 Å². The minimum Gasteiger partial charge on any atom is -0.382 e. The molecule has 1 aliphatic heterocycles. The average Bonchev–Trinajstić information content (AvgIpc) is 2.63. The summed E-state index contributed by atoms with van der Waals surface area (Å²) in [5, 5.41) is 6.21. The molecule has 1 heterocycles. The van der Waals surface area contributed by atoms with E-state index in [4.69, 9.17) is 0 Å². The van der Waals surface area contributed by atoms with Gasteiger partial charge in [0.15, 0.2) is 0 Å². The first-order valence-corrected chi connectivity index (χ1v) is 6.96. The standard InChI is InChI=1S/C15H23N3O/c1-16-15(19)12-5-3-6-14(11-12)17-13-7-4-9-18(2)10-8-13/h3,5-6,11,13,17H,4,7-10H2,1-2H3,(H,16,19). The van der Waals surface area contributed by atoms with Crippen LogP contribution in [0.1, 0.15) is 29.6 Å². The molecule has 19 heavy (non-hydrogen) atoms. The van der Waals surface area contributed by atoms with E-state index in [0.29, 0.717) is 11.6 Å². The van der Waals surface area contributed by atoms with Crippen molar-refractivity contribution < 1.29 is 4.79 Å². The highest BCUT2D eigenvalue weighted by atomic mass is 16.1. The maximum Gasteiger partial charge on any atom is 0.251 e. The lowest BCUT2D eigenvalue weighted by atomic mass is 10.1. The van der Waals surface area contributed by atoms with Gasteiger partial charge in [-0.25, -0.2) is 0 Å². The van der Waals surface area contributed by atoms with Gasteiger partial charge >= 0.3 is 0 Å². The van der Waals surface area contributed by atoms with Crippen LogP contribution >= 0.6 is 0 Å². The van der Waals surface area contributed by atoms with Crippen LogP contribution < -0.4 is 10.6 Å². The fourth-order valence-electron chi connectivity index (χ4n) is 2.51. The van der Waals surface area contributed by atoms with Gasteiger partial charge in [-0.15, -0.1) is 0 Å². The molecule has 1 aromatic rings. The Kier molecular flexibility index (Phi) is 4.80. The van der Waals surface area contributed by atoms with Crippen LogP contribution in [0.25, 0.3) is 0 Å². The molecule has 4 nitrogen and oxygen atoms in total. The molecule has 1 aromatic carbocycles. The molecule has 1 unspecified atom stereocenters. The molecule has 0 saturated carbocycles. The summed E-state index contributed by atoms with van der Waals surface area (Å²) in [5.41, 5.74) is 1.74. The monoisotopic (exact) mass is 261 g/mol. The molecular formula is C15H23N3O. The number of likely N-dealkylation sites (tertiary alicyclic amines) is 1. The second kappa shape index (κ2) is 6.57. The van der Waals surface area contributed by atoms with Crippen LogP contribution in [0.4, 0.5) is 5.69 Å². The number of nitrogens with one attached hydrogen (secondary N) is 2. The Morgan fingerprint density at radius 2 is 2.16 bits per heavy atom. The predicted molar refractivity (Wildman–Crippen MR) is 78.6 cm³/mol. The third-order valence-electron chi connectivity index (χ3n) is 3.67. The van der Waals surface area contributed by atoms with E-state index in [1.54, 1.807) is 7.05 Å². The van der Waals surface area contributed by atoms with Crippen LogP contribution in [0.2, 0.25) is 0 Å². The summed E-state index contributed by atoms with van der Waals surface area (Å²) in [6.45, 7) is 2.31. The van der Waals surface area contributed by atoms with Crippen molar-refractivity contribution in [1.82, 2.24) is 10.2 Å². The van der Waals surface area contributed by atoms with Gasteiger partial charge in [0, 0.05) is 24.3 Å². The summed E-state index contributed by atoms with van der Waals surface area (Å²) in [7, 11) is 3.83. The fraction of sp³-hybridized carbons (Fsp3) is 0.533. The number of nitrogens with zero attached hydrogens (tertiary/aromatic N) is 1. The van der Waals surface area contributed by atoms with Gasteiger partial charge in [0.25, 0.3) is 5.91 Å². The number of anilines is 1. The second-order valence-corrected chi connectivity index (χ2v) is 5.24. The Bertz CT molecular complexity index is 433. The van der Waals surface area contributed by atoms with Crippen LogP contribution in [-0.2, 0) is 0 Å². The molecule has 104 valence electrons. The van der Waals surface area contributed by atoms with E-state index in [1.165, 1.54) is 19.4 Å². The zero-order valence-corrected chi connectivity index (χ0v) is 11.8. The Balaban J connectivity index is 2.00. The van der Waals surface area contributed by atoms with Crippen molar-refractivity contribution in [2.45, 2.75) is 25.3 Å². The molecule has 0 spiro atoms. The van der Waals surface area contributed by atoms with Gasteiger partial charge < -0.3 is 15.5 Å². The zero-order chi connectivity index (χ0) is 13.7. The van der Waals surface area contributed by atoms with Crippen LogP contribution in [0.3, 0.4) is 0 Å². The van der Waals surface area contributed by atoms with Crippen molar-refractivity contribution in [3.8, 4) is 0 Å². The first kappa shape index (κ1) is 13.9. The Morgan fingerprint density at radius 1 is 1.32 bits per heavy atom. The van der Waals surface area contributed by atoms with Gasteiger partial charge in [-0.05, 0) is 57.6 Å². The minimum absolute atomic E-state index is 0.0377. The maximum absolute atomic E-state index is 11.6. The number of hydrogen-bond acceptors (Lipinski definition) is 3. The number of amides is 1. The molecule has 1 saturated heterocycles. The number of carbonyl (C=O) groups excluding carboxylic acids is 1. The smallest absolute Gasteiger partial charge is 0.251 e. The highest BCUT2D eigenvalue weighted by Crippen LogP contribution is 2.17. The molecule has 0 aliphatic carbocycles. The van der Waals surface area contributed by atoms with E-state index in [9.17, 15) is 4.79 Å². The molecule has 4 heteroatoms. The molecule has 1 atom stereocenters. The van der Waals surface area contributed by atoms with E-state index in [-0.39, 0.29) is 5.91 Å². The van der Waals surface area contributed by atoms with Gasteiger partial charge in [0.2, 0.25) is 0 Å². The summed E-state index contributed by atoms with van der Waals surface area (Å²) in [6, 6.07) is 8.22. The molecule has 0 bridgehead atoms. The van der Waals surface area contributed by atoms with Crippen molar-refractivity contribution in [3.05, 3.63) is 29.8 Å². The molecule has 1 fully saturated rings. The lowest BCUT2D eigenvalue weighted by Gasteiger charge is -2.18. The van der Waals surface area contributed by atoms with E-state index in [0.717, 1.165) is 18.7 Å². The van der Waals surface area contributed by atoms with Crippen LogP contribution in [0.5, 0.6) is 0 Å². The summed E-state index contributed by atoms with van der Waals surface area (Å²) < 4.78 is 0. The van der Waals surface area contributed by atoms with E-state index in [2.05, 4.69) is 22.6 Å². The predicted octanol–water partition coefficient (Wildman–Crippen LogP) is 1.94. The van der Waals surface area contributed by atoms with Crippen molar-refractivity contribution in [1.29, 1.82) is 0 Å². The van der Waals surface area contributed by atoms with Crippen LogP contribution in [0.15, 0.2) is 24.3 Å². The highest BCUT2D eigenvalue weighted by Gasteiger charge is 2.14. The van der Waals surface area contributed by atoms with Crippen LogP contribution in [0, 0.1) is 0 Å². The SMILES string of the molecule is CNC(=O)c1cccc(NC2CCCN(C)CC2)c1. The van der Waals surface area contributed by atoms with E-state index >= 15 is 0 Å². The summed E-state index contributed by atoms with van der Waals surface area (Å²) in [5.74, 6) is -0.0377. The molecule has 0 radical (unpaired) electrons. The maximum atomic E-state index is 11.6. The largest absolute Gasteiger partial charge is 0.382 e. The van der Waals surface area contributed by atoms with Gasteiger partial charge in [-0.3, -0.25) is 4.79 Å². The normalized spacial score (nSPS) is 20.6. The topological polar surface area (TPSA) is 44.4 Å². The third kappa shape index (κ3) is 3.96. The number of benzene rings is 1. The number of hydrogen-bond donors (Lipinski definition) is 2. The van der Waals surface area contributed by atoms with Crippen molar-refractivity contribution in [3.63, 3.8) is 0 Å². The Morgan fingerprint density at radius 3 is 2.95 bits per heavy atom. The van der Waals surface area contributed by atoms with Crippen molar-refractivity contribution >= 4 is 11.6 Å². The van der Waals surface area contributed by atoms with E-state index in [1.807, 2.05) is 24.3 Å². The summed E-state index contributed by atoms with van der Waals surface area (Å²) in [4.78, 5) is 14.0. The quantitative estimate of drug-likeness (QED) is 0.874. The number of rotatable bonds is 3. The average molecular weight is 261 g/mol. The van der Waals surface area contributed by atoms with Crippen LogP contribution in [-0.4, -0.2) is 44.0 Å². The number of carbonyl (C=O) groups is 1. The fourth-order valence-corrected chi connectivity index (χ4v) is 2.51. The molecule has 0 aromatic heterocycles. The van der Waals surface area contributed by atoms with Gasteiger partial charge in [-0.1, -0.05) is 6.07 Å². The zero-order valence-electron chi connectivity index (χ0n) is 11.8. The highest BCUT2D eigenvalue weighted by molar-refractivity contribution is 5.94. The minimum atomic E-state index is -0.0377. The van der Waals surface area contributed by atoms with Gasteiger partial charge in [-0.2, -0.15) is 0 Å². The lowest BCUT2D eigenvalue weighted by molar-refractivity contribution is 0.0963. The summed E-state index contributed by atoms with van der Waals surface area (Å²) in [6.07, 6.45) is 3.57. The first-order valence-electron chi connectivity index (χ1n) is 6.96. The van der Waals surface area contributed by atoms with Gasteiger partial charge in [0.05, 0.1) is 0 Å². The molecular weight excluding hydrogens is 238 g/mol. The molecule has 1 amide bonds. The second-order valence-electron chi connectivity index (χ2n) is 5.24. The van der Waals surface area contributed by atoms with Gasteiger partial charge in [0.1, 0.15) is 0 Å². The van der Waals surface area contributed by atoms with E-state index < -0.39 is 0 Å². The first-order chi connectivity index (χ1) is 9.19. The third-order valence-corrected chi connectivity index (χ3v) is 3.67.